The zero-order chi connectivity index (χ0) is 13.2. The topological polar surface area (TPSA) is 37.4 Å². The predicted octanol–water partition coefficient (Wildman–Crippen LogP) is 3.12. The maximum Gasteiger partial charge on any atom is 0.264 e. The van der Waals surface area contributed by atoms with E-state index in [9.17, 15) is 8.42 Å². The van der Waals surface area contributed by atoms with Crippen molar-refractivity contribution in [2.24, 2.45) is 0 Å². The van der Waals surface area contributed by atoms with Crippen molar-refractivity contribution in [2.75, 3.05) is 11.4 Å². The first-order valence-electron chi connectivity index (χ1n) is 5.32. The highest BCUT2D eigenvalue weighted by molar-refractivity contribution is 14.1. The molecule has 0 aromatic heterocycles. The summed E-state index contributed by atoms with van der Waals surface area (Å²) < 4.78 is 27.0. The number of para-hydroxylation sites is 1. The van der Waals surface area contributed by atoms with Gasteiger partial charge in [0.25, 0.3) is 10.0 Å². The Balaban J connectivity index is 2.47. The van der Waals surface area contributed by atoms with Crippen LogP contribution in [0.15, 0.2) is 59.5 Å². The Kier molecular flexibility index (Phi) is 3.91. The molecule has 2 aromatic rings. The standard InChI is InChI=1S/C13H12INO2S/c1-15(13-10-6-5-9-12(13)14)18(16,17)11-7-3-2-4-8-11/h2-10H,1H3. The molecule has 0 radical (unpaired) electrons. The number of benzene rings is 2. The summed E-state index contributed by atoms with van der Waals surface area (Å²) in [5.74, 6) is 0. The lowest BCUT2D eigenvalue weighted by Gasteiger charge is -2.20. The fourth-order valence-corrected chi connectivity index (χ4v) is 3.74. The largest absolute Gasteiger partial charge is 0.268 e. The quantitative estimate of drug-likeness (QED) is 0.776. The van der Waals surface area contributed by atoms with Crippen LogP contribution in [-0.2, 0) is 10.0 Å². The van der Waals surface area contributed by atoms with Crippen molar-refractivity contribution in [2.45, 2.75) is 4.90 Å². The SMILES string of the molecule is CN(c1ccccc1I)S(=O)(=O)c1ccccc1. The van der Waals surface area contributed by atoms with E-state index >= 15 is 0 Å². The minimum Gasteiger partial charge on any atom is -0.268 e. The van der Waals surface area contributed by atoms with E-state index in [0.717, 1.165) is 3.57 Å². The van der Waals surface area contributed by atoms with Crippen LogP contribution in [0.4, 0.5) is 5.69 Å². The molecule has 0 heterocycles. The molecule has 0 unspecified atom stereocenters. The molecule has 18 heavy (non-hydrogen) atoms. The lowest BCUT2D eigenvalue weighted by molar-refractivity contribution is 0.594. The van der Waals surface area contributed by atoms with Crippen LogP contribution in [-0.4, -0.2) is 15.5 Å². The molecule has 0 saturated carbocycles. The third kappa shape index (κ3) is 2.51. The summed E-state index contributed by atoms with van der Waals surface area (Å²) in [6, 6.07) is 15.8. The van der Waals surface area contributed by atoms with Crippen LogP contribution in [0.3, 0.4) is 0 Å². The maximum atomic E-state index is 12.4. The van der Waals surface area contributed by atoms with E-state index in [0.29, 0.717) is 10.6 Å². The molecular weight excluding hydrogens is 361 g/mol. The second kappa shape index (κ2) is 5.27. The third-order valence-corrected chi connectivity index (χ3v) is 5.29. The molecule has 0 aliphatic carbocycles. The van der Waals surface area contributed by atoms with Gasteiger partial charge in [-0.2, -0.15) is 0 Å². The Labute approximate surface area is 121 Å². The van der Waals surface area contributed by atoms with Gasteiger partial charge in [0.05, 0.1) is 10.6 Å². The third-order valence-electron chi connectivity index (χ3n) is 2.59. The highest BCUT2D eigenvalue weighted by Crippen LogP contribution is 2.26. The van der Waals surface area contributed by atoms with Gasteiger partial charge in [-0.3, -0.25) is 4.31 Å². The van der Waals surface area contributed by atoms with Crippen LogP contribution in [0, 0.1) is 3.57 Å². The molecule has 0 N–H and O–H groups in total. The van der Waals surface area contributed by atoms with Crippen molar-refractivity contribution in [3.63, 3.8) is 0 Å². The van der Waals surface area contributed by atoms with E-state index in [2.05, 4.69) is 22.6 Å². The van der Waals surface area contributed by atoms with Gasteiger partial charge in [-0.25, -0.2) is 8.42 Å². The van der Waals surface area contributed by atoms with Gasteiger partial charge >= 0.3 is 0 Å². The number of halogens is 1. The summed E-state index contributed by atoms with van der Waals surface area (Å²) in [6.07, 6.45) is 0. The van der Waals surface area contributed by atoms with Crippen molar-refractivity contribution in [1.82, 2.24) is 0 Å². The first-order valence-corrected chi connectivity index (χ1v) is 7.84. The van der Waals surface area contributed by atoms with Crippen LogP contribution >= 0.6 is 22.6 Å². The lowest BCUT2D eigenvalue weighted by atomic mass is 10.3. The Hall–Kier alpha value is -1.08. The van der Waals surface area contributed by atoms with E-state index in [1.54, 1.807) is 43.4 Å². The van der Waals surface area contributed by atoms with Crippen LogP contribution in [0.25, 0.3) is 0 Å². The molecule has 94 valence electrons. The normalized spacial score (nSPS) is 11.2. The average molecular weight is 373 g/mol. The van der Waals surface area contributed by atoms with E-state index in [4.69, 9.17) is 0 Å². The average Bonchev–Trinajstić information content (AvgIpc) is 2.39. The van der Waals surface area contributed by atoms with Gasteiger partial charge in [-0.1, -0.05) is 30.3 Å². The molecule has 0 aliphatic rings. The minimum absolute atomic E-state index is 0.298. The highest BCUT2D eigenvalue weighted by Gasteiger charge is 2.21. The van der Waals surface area contributed by atoms with Crippen LogP contribution in [0.1, 0.15) is 0 Å². The van der Waals surface area contributed by atoms with Crippen LogP contribution < -0.4 is 4.31 Å². The summed E-state index contributed by atoms with van der Waals surface area (Å²) in [4.78, 5) is 0.298. The van der Waals surface area contributed by atoms with Crippen molar-refractivity contribution in [3.8, 4) is 0 Å². The first-order chi connectivity index (χ1) is 8.53. The molecule has 0 saturated heterocycles. The first kappa shape index (κ1) is 13.4. The molecule has 2 aromatic carbocycles. The minimum atomic E-state index is -3.49. The van der Waals surface area contributed by atoms with E-state index in [1.807, 2.05) is 18.2 Å². The summed E-state index contributed by atoms with van der Waals surface area (Å²) in [5, 5.41) is 0. The Morgan fingerprint density at radius 2 is 1.50 bits per heavy atom. The van der Waals surface area contributed by atoms with Crippen LogP contribution in [0.2, 0.25) is 0 Å². The smallest absolute Gasteiger partial charge is 0.264 e. The van der Waals surface area contributed by atoms with Gasteiger partial charge in [0.2, 0.25) is 0 Å². The number of hydrogen-bond donors (Lipinski definition) is 0. The number of rotatable bonds is 3. The summed E-state index contributed by atoms with van der Waals surface area (Å²) in [5.41, 5.74) is 0.682. The second-order valence-electron chi connectivity index (χ2n) is 3.74. The summed E-state index contributed by atoms with van der Waals surface area (Å²) in [7, 11) is -1.92. The van der Waals surface area contributed by atoms with Gasteiger partial charge in [-0.05, 0) is 46.9 Å². The molecule has 5 heteroatoms. The molecule has 0 atom stereocenters. The number of nitrogens with zero attached hydrogens (tertiary/aromatic N) is 1. The Bertz CT molecular complexity index is 641. The predicted molar refractivity (Wildman–Crippen MR) is 81.2 cm³/mol. The summed E-state index contributed by atoms with van der Waals surface area (Å²) in [6.45, 7) is 0. The summed E-state index contributed by atoms with van der Waals surface area (Å²) >= 11 is 2.13. The lowest BCUT2D eigenvalue weighted by Crippen LogP contribution is -2.27. The van der Waals surface area contributed by atoms with Crippen LogP contribution in [0.5, 0.6) is 0 Å². The number of hydrogen-bond acceptors (Lipinski definition) is 2. The van der Waals surface area contributed by atoms with Gasteiger partial charge in [0.15, 0.2) is 0 Å². The molecule has 0 spiro atoms. The molecular formula is C13H12INO2S. The van der Waals surface area contributed by atoms with Gasteiger partial charge in [0.1, 0.15) is 0 Å². The maximum absolute atomic E-state index is 12.4. The van der Waals surface area contributed by atoms with Crippen molar-refractivity contribution < 1.29 is 8.42 Å². The fourth-order valence-electron chi connectivity index (χ4n) is 1.59. The van der Waals surface area contributed by atoms with Gasteiger partial charge in [-0.15, -0.1) is 0 Å². The van der Waals surface area contributed by atoms with Gasteiger partial charge < -0.3 is 0 Å². The zero-order valence-electron chi connectivity index (χ0n) is 9.75. The molecule has 3 nitrogen and oxygen atoms in total. The fraction of sp³-hybridized carbons (Fsp3) is 0.0769. The highest BCUT2D eigenvalue weighted by atomic mass is 127. The molecule has 0 fully saturated rings. The van der Waals surface area contributed by atoms with Crippen molar-refractivity contribution in [1.29, 1.82) is 0 Å². The van der Waals surface area contributed by atoms with E-state index < -0.39 is 10.0 Å². The molecule has 0 bridgehead atoms. The molecule has 0 amide bonds. The van der Waals surface area contributed by atoms with E-state index in [1.165, 1.54) is 4.31 Å². The molecule has 0 aliphatic heterocycles. The van der Waals surface area contributed by atoms with Gasteiger partial charge in [0, 0.05) is 10.6 Å². The molecule has 2 rings (SSSR count). The number of anilines is 1. The Morgan fingerprint density at radius 3 is 2.11 bits per heavy atom. The number of sulfonamides is 1. The second-order valence-corrected chi connectivity index (χ2v) is 6.87. The monoisotopic (exact) mass is 373 g/mol. The van der Waals surface area contributed by atoms with E-state index in [-0.39, 0.29) is 0 Å². The van der Waals surface area contributed by atoms with Crippen molar-refractivity contribution in [3.05, 3.63) is 58.2 Å². The zero-order valence-corrected chi connectivity index (χ0v) is 12.7. The van der Waals surface area contributed by atoms with Crippen molar-refractivity contribution >= 4 is 38.3 Å². The Morgan fingerprint density at radius 1 is 0.944 bits per heavy atom.